The van der Waals surface area contributed by atoms with Crippen molar-refractivity contribution in [2.75, 3.05) is 18.5 Å². The Balaban J connectivity index is 1.79. The zero-order chi connectivity index (χ0) is 21.7. The first-order valence-electron chi connectivity index (χ1n) is 8.81. The fourth-order valence-corrected chi connectivity index (χ4v) is 4.63. The molecule has 156 valence electrons. The van der Waals surface area contributed by atoms with Crippen molar-refractivity contribution in [2.24, 2.45) is 0 Å². The van der Waals surface area contributed by atoms with Gasteiger partial charge < -0.3 is 14.8 Å². The first-order chi connectivity index (χ1) is 14.4. The lowest BCUT2D eigenvalue weighted by atomic mass is 10.0. The minimum absolute atomic E-state index is 0.228. The molecule has 9 heteroatoms. The van der Waals surface area contributed by atoms with Crippen LogP contribution in [-0.4, -0.2) is 25.1 Å². The van der Waals surface area contributed by atoms with Crippen LogP contribution in [0, 0.1) is 0 Å². The number of hydrogen-bond donors (Lipinski definition) is 1. The predicted molar refractivity (Wildman–Crippen MR) is 127 cm³/mol. The monoisotopic (exact) mass is 571 g/mol. The van der Waals surface area contributed by atoms with Crippen LogP contribution in [0.5, 0.6) is 5.75 Å². The zero-order valence-electron chi connectivity index (χ0n) is 15.7. The molecule has 1 N–H and O–H groups in total. The molecule has 1 amide bonds. The number of carbonyl (C=O) groups excluding carboxylic acids is 2. The molecule has 3 rings (SSSR count). The molecule has 0 bridgehead atoms. The van der Waals surface area contributed by atoms with Gasteiger partial charge in [-0.2, -0.15) is 0 Å². The van der Waals surface area contributed by atoms with Crippen molar-refractivity contribution >= 4 is 71.7 Å². The Bertz CT molecular complexity index is 1070. The van der Waals surface area contributed by atoms with Crippen LogP contribution in [-0.2, 0) is 9.53 Å². The van der Waals surface area contributed by atoms with E-state index in [1.54, 1.807) is 25.1 Å². The van der Waals surface area contributed by atoms with Crippen LogP contribution in [0.1, 0.15) is 17.3 Å². The van der Waals surface area contributed by atoms with Crippen LogP contribution >= 0.6 is 54.8 Å². The molecule has 0 radical (unpaired) electrons. The summed E-state index contributed by atoms with van der Waals surface area (Å²) >= 11 is 13.9. The van der Waals surface area contributed by atoms with Gasteiger partial charge in [0.15, 0.2) is 6.61 Å². The summed E-state index contributed by atoms with van der Waals surface area (Å²) in [6.45, 7) is 1.74. The summed E-state index contributed by atoms with van der Waals surface area (Å²) in [5, 5.41) is 5.54. The van der Waals surface area contributed by atoms with Crippen molar-refractivity contribution in [1.82, 2.24) is 0 Å². The second kappa shape index (κ2) is 10.4. The van der Waals surface area contributed by atoms with Crippen molar-refractivity contribution in [3.63, 3.8) is 0 Å². The number of halogens is 3. The Kier molecular flexibility index (Phi) is 7.93. The van der Waals surface area contributed by atoms with Crippen LogP contribution in [0.15, 0.2) is 56.8 Å². The van der Waals surface area contributed by atoms with E-state index in [2.05, 4.69) is 37.2 Å². The summed E-state index contributed by atoms with van der Waals surface area (Å²) in [7, 11) is 0. The van der Waals surface area contributed by atoms with E-state index in [9.17, 15) is 9.59 Å². The summed E-state index contributed by atoms with van der Waals surface area (Å²) in [6.07, 6.45) is 0. The molecule has 0 fully saturated rings. The summed E-state index contributed by atoms with van der Waals surface area (Å²) in [6, 6.07) is 12.6. The fraction of sp³-hybridized carbons (Fsp3) is 0.143. The Labute approximate surface area is 199 Å². The van der Waals surface area contributed by atoms with Gasteiger partial charge in [-0.25, -0.2) is 4.79 Å². The third-order valence-corrected chi connectivity index (χ3v) is 6.21. The standard InChI is InChI=1S/C21H16Br2ClNO4S/c1-2-28-21(27)19-15(12-3-5-13(22)6-4-12)11-30-20(19)25-18(26)10-29-17-8-7-14(24)9-16(17)23/h3-9,11H,2,10H2,1H3,(H,25,26). The van der Waals surface area contributed by atoms with Crippen LogP contribution in [0.4, 0.5) is 5.00 Å². The smallest absolute Gasteiger partial charge is 0.341 e. The van der Waals surface area contributed by atoms with Crippen LogP contribution in [0.25, 0.3) is 11.1 Å². The normalized spacial score (nSPS) is 10.5. The third kappa shape index (κ3) is 5.63. The molecule has 0 spiro atoms. The molecule has 1 aromatic heterocycles. The van der Waals surface area contributed by atoms with Crippen LogP contribution in [0.2, 0.25) is 5.02 Å². The minimum Gasteiger partial charge on any atom is -0.483 e. The number of carbonyl (C=O) groups is 2. The second-order valence-corrected chi connectivity index (χ2v) is 9.08. The molecule has 2 aromatic carbocycles. The van der Waals surface area contributed by atoms with Crippen molar-refractivity contribution in [3.05, 3.63) is 67.4 Å². The van der Waals surface area contributed by atoms with E-state index in [1.807, 2.05) is 29.6 Å². The van der Waals surface area contributed by atoms with Crippen LogP contribution < -0.4 is 10.1 Å². The minimum atomic E-state index is -0.492. The van der Waals surface area contributed by atoms with Gasteiger partial charge in [0.1, 0.15) is 16.3 Å². The average Bonchev–Trinajstić information content (AvgIpc) is 3.11. The fourth-order valence-electron chi connectivity index (χ4n) is 2.60. The first kappa shape index (κ1) is 22.8. The topological polar surface area (TPSA) is 64.6 Å². The molecule has 3 aromatic rings. The molecular weight excluding hydrogens is 558 g/mol. The molecule has 5 nitrogen and oxygen atoms in total. The summed E-state index contributed by atoms with van der Waals surface area (Å²) in [4.78, 5) is 25.1. The van der Waals surface area contributed by atoms with Gasteiger partial charge in [-0.05, 0) is 58.7 Å². The second-order valence-electron chi connectivity index (χ2n) is 5.99. The molecular formula is C21H16Br2ClNO4S. The van der Waals surface area contributed by atoms with Crippen molar-refractivity contribution in [1.29, 1.82) is 0 Å². The first-order valence-corrected chi connectivity index (χ1v) is 11.7. The van der Waals surface area contributed by atoms with E-state index in [1.165, 1.54) is 11.3 Å². The van der Waals surface area contributed by atoms with Gasteiger partial charge in [0.05, 0.1) is 11.1 Å². The summed E-state index contributed by atoms with van der Waals surface area (Å²) in [5.41, 5.74) is 1.87. The van der Waals surface area contributed by atoms with Gasteiger partial charge in [0, 0.05) is 20.4 Å². The number of thiophene rings is 1. The molecule has 30 heavy (non-hydrogen) atoms. The van der Waals surface area contributed by atoms with E-state index < -0.39 is 11.9 Å². The van der Waals surface area contributed by atoms with E-state index in [4.69, 9.17) is 21.1 Å². The molecule has 0 saturated carbocycles. The number of rotatable bonds is 7. The van der Waals surface area contributed by atoms with Crippen molar-refractivity contribution in [2.45, 2.75) is 6.92 Å². The number of amides is 1. The molecule has 0 aliphatic heterocycles. The van der Waals surface area contributed by atoms with Gasteiger partial charge in [-0.3, -0.25) is 4.79 Å². The Morgan fingerprint density at radius 3 is 2.53 bits per heavy atom. The molecule has 0 unspecified atom stereocenters. The Morgan fingerprint density at radius 2 is 1.87 bits per heavy atom. The maximum absolute atomic E-state index is 12.6. The SMILES string of the molecule is CCOC(=O)c1c(-c2ccc(Br)cc2)csc1NC(=O)COc1ccc(Cl)cc1Br. The van der Waals surface area contributed by atoms with Crippen LogP contribution in [0.3, 0.4) is 0 Å². The van der Waals surface area contributed by atoms with Gasteiger partial charge in [-0.15, -0.1) is 11.3 Å². The predicted octanol–water partition coefficient (Wildman–Crippen LogP) is 6.79. The molecule has 0 aliphatic carbocycles. The van der Waals surface area contributed by atoms with Gasteiger partial charge >= 0.3 is 5.97 Å². The highest BCUT2D eigenvalue weighted by atomic mass is 79.9. The quantitative estimate of drug-likeness (QED) is 0.316. The largest absolute Gasteiger partial charge is 0.483 e. The molecule has 1 heterocycles. The van der Waals surface area contributed by atoms with Crippen molar-refractivity contribution < 1.29 is 19.1 Å². The lowest BCUT2D eigenvalue weighted by Crippen LogP contribution is -2.21. The highest BCUT2D eigenvalue weighted by Crippen LogP contribution is 2.37. The number of benzene rings is 2. The number of esters is 1. The average molecular weight is 574 g/mol. The van der Waals surface area contributed by atoms with Gasteiger partial charge in [0.25, 0.3) is 5.91 Å². The number of hydrogen-bond acceptors (Lipinski definition) is 5. The highest BCUT2D eigenvalue weighted by molar-refractivity contribution is 9.10. The van der Waals surface area contributed by atoms with Gasteiger partial charge in [-0.1, -0.05) is 39.7 Å². The Morgan fingerprint density at radius 1 is 1.13 bits per heavy atom. The lowest BCUT2D eigenvalue weighted by molar-refractivity contribution is -0.118. The maximum Gasteiger partial charge on any atom is 0.341 e. The van der Waals surface area contributed by atoms with E-state index in [0.29, 0.717) is 31.4 Å². The molecule has 0 atom stereocenters. The Hall–Kier alpha value is -1.87. The summed E-state index contributed by atoms with van der Waals surface area (Å²) < 4.78 is 12.3. The maximum atomic E-state index is 12.6. The summed E-state index contributed by atoms with van der Waals surface area (Å²) in [5.74, 6) is -0.401. The number of nitrogens with one attached hydrogen (secondary N) is 1. The van der Waals surface area contributed by atoms with E-state index >= 15 is 0 Å². The molecule has 0 saturated heterocycles. The number of anilines is 1. The van der Waals surface area contributed by atoms with E-state index in [-0.39, 0.29) is 13.2 Å². The lowest BCUT2D eigenvalue weighted by Gasteiger charge is -2.10. The third-order valence-electron chi connectivity index (χ3n) is 3.93. The zero-order valence-corrected chi connectivity index (χ0v) is 20.5. The molecule has 0 aliphatic rings. The van der Waals surface area contributed by atoms with Crippen molar-refractivity contribution in [3.8, 4) is 16.9 Å². The number of ether oxygens (including phenoxy) is 2. The van der Waals surface area contributed by atoms with E-state index in [0.717, 1.165) is 10.0 Å². The highest BCUT2D eigenvalue weighted by Gasteiger charge is 2.23. The van der Waals surface area contributed by atoms with Gasteiger partial charge in [0.2, 0.25) is 0 Å².